The van der Waals surface area contributed by atoms with E-state index in [4.69, 9.17) is 11.6 Å². The molecule has 0 saturated heterocycles. The number of halogens is 4. The van der Waals surface area contributed by atoms with Crippen LogP contribution >= 0.6 is 11.6 Å². The van der Waals surface area contributed by atoms with E-state index in [1.165, 1.54) is 12.1 Å². The molecule has 0 fully saturated rings. The SMILES string of the molecule is CC(C(=O)O)c1c(-c2ccc(C(F)(F)F)cc2)n(C)c2ccc(Cl)cc12. The fraction of sp³-hybridized carbons (Fsp3) is 0.211. The van der Waals surface area contributed by atoms with Crippen molar-refractivity contribution < 1.29 is 23.1 Å². The third-order valence-corrected chi connectivity index (χ3v) is 4.72. The Morgan fingerprint density at radius 2 is 1.77 bits per heavy atom. The lowest BCUT2D eigenvalue weighted by Gasteiger charge is -2.13. The molecule has 7 heteroatoms. The summed E-state index contributed by atoms with van der Waals surface area (Å²) in [5.74, 6) is -1.87. The molecular weight excluding hydrogens is 367 g/mol. The minimum Gasteiger partial charge on any atom is -0.481 e. The van der Waals surface area contributed by atoms with Crippen molar-refractivity contribution in [2.45, 2.75) is 19.0 Å². The standard InChI is InChI=1S/C19H15ClF3NO2/c1-10(18(25)26)16-14-9-13(20)7-8-15(14)24(2)17(16)11-3-5-12(6-4-11)19(21,22)23/h3-10H,1-2H3,(H,25,26). The lowest BCUT2D eigenvalue weighted by atomic mass is 9.94. The summed E-state index contributed by atoms with van der Waals surface area (Å²) < 4.78 is 40.3. The van der Waals surface area contributed by atoms with Crippen molar-refractivity contribution >= 4 is 28.5 Å². The molecule has 0 aliphatic carbocycles. The van der Waals surface area contributed by atoms with Crippen LogP contribution in [0.15, 0.2) is 42.5 Å². The van der Waals surface area contributed by atoms with E-state index in [1.54, 1.807) is 36.7 Å². The molecule has 0 bridgehead atoms. The maximum atomic E-state index is 12.8. The molecule has 136 valence electrons. The van der Waals surface area contributed by atoms with Crippen LogP contribution in [-0.2, 0) is 18.0 Å². The summed E-state index contributed by atoms with van der Waals surface area (Å²) in [5, 5.41) is 10.6. The highest BCUT2D eigenvalue weighted by Crippen LogP contribution is 2.40. The van der Waals surface area contributed by atoms with Crippen molar-refractivity contribution in [1.82, 2.24) is 4.57 Å². The van der Waals surface area contributed by atoms with E-state index in [-0.39, 0.29) is 0 Å². The van der Waals surface area contributed by atoms with Crippen molar-refractivity contribution in [3.8, 4) is 11.3 Å². The van der Waals surface area contributed by atoms with Gasteiger partial charge >= 0.3 is 12.1 Å². The molecule has 0 aliphatic rings. The van der Waals surface area contributed by atoms with E-state index >= 15 is 0 Å². The highest BCUT2D eigenvalue weighted by atomic mass is 35.5. The van der Waals surface area contributed by atoms with Gasteiger partial charge in [0.05, 0.1) is 17.2 Å². The van der Waals surface area contributed by atoms with Crippen molar-refractivity contribution in [2.24, 2.45) is 7.05 Å². The second-order valence-electron chi connectivity index (χ2n) is 6.12. The number of aliphatic carboxylic acids is 1. The fourth-order valence-electron chi connectivity index (χ4n) is 3.17. The highest BCUT2D eigenvalue weighted by Gasteiger charge is 2.31. The summed E-state index contributed by atoms with van der Waals surface area (Å²) in [7, 11) is 1.75. The van der Waals surface area contributed by atoms with Crippen LogP contribution in [0.25, 0.3) is 22.2 Å². The summed E-state index contributed by atoms with van der Waals surface area (Å²) in [4.78, 5) is 11.6. The number of rotatable bonds is 3. The van der Waals surface area contributed by atoms with Gasteiger partial charge in [0, 0.05) is 23.0 Å². The van der Waals surface area contributed by atoms with Crippen LogP contribution in [0.4, 0.5) is 13.2 Å². The lowest BCUT2D eigenvalue weighted by molar-refractivity contribution is -0.138. The van der Waals surface area contributed by atoms with Gasteiger partial charge in [0.15, 0.2) is 0 Å². The van der Waals surface area contributed by atoms with E-state index in [1.807, 2.05) is 0 Å². The monoisotopic (exact) mass is 381 g/mol. The topological polar surface area (TPSA) is 42.2 Å². The number of nitrogens with zero attached hydrogens (tertiary/aromatic N) is 1. The summed E-state index contributed by atoms with van der Waals surface area (Å²) in [6.07, 6.45) is -4.43. The predicted octanol–water partition coefficient (Wildman–Crippen LogP) is 5.71. The zero-order chi connectivity index (χ0) is 19.2. The summed E-state index contributed by atoms with van der Waals surface area (Å²) in [6.45, 7) is 1.55. The molecule has 1 aromatic heterocycles. The molecule has 1 atom stereocenters. The number of fused-ring (bicyclic) bond motifs is 1. The molecular formula is C19H15ClF3NO2. The zero-order valence-electron chi connectivity index (χ0n) is 13.9. The Kier molecular flexibility index (Phi) is 4.48. The molecule has 0 radical (unpaired) electrons. The number of aromatic nitrogens is 1. The number of alkyl halides is 3. The maximum absolute atomic E-state index is 12.8. The molecule has 26 heavy (non-hydrogen) atoms. The van der Waals surface area contributed by atoms with Crippen molar-refractivity contribution in [2.75, 3.05) is 0 Å². The fourth-order valence-corrected chi connectivity index (χ4v) is 3.35. The van der Waals surface area contributed by atoms with Crippen molar-refractivity contribution in [3.05, 3.63) is 58.6 Å². The first-order valence-electron chi connectivity index (χ1n) is 7.79. The van der Waals surface area contributed by atoms with E-state index in [0.717, 1.165) is 17.6 Å². The molecule has 0 saturated carbocycles. The summed E-state index contributed by atoms with van der Waals surface area (Å²) >= 11 is 6.07. The van der Waals surface area contributed by atoms with Crippen LogP contribution in [0.5, 0.6) is 0 Å². The number of hydrogen-bond donors (Lipinski definition) is 1. The van der Waals surface area contributed by atoms with Crippen LogP contribution in [0, 0.1) is 0 Å². The Morgan fingerprint density at radius 1 is 1.15 bits per heavy atom. The molecule has 0 spiro atoms. The number of carboxylic acids is 1. The zero-order valence-corrected chi connectivity index (χ0v) is 14.7. The predicted molar refractivity (Wildman–Crippen MR) is 94.4 cm³/mol. The largest absolute Gasteiger partial charge is 0.481 e. The highest BCUT2D eigenvalue weighted by molar-refractivity contribution is 6.31. The van der Waals surface area contributed by atoms with Gasteiger partial charge in [-0.2, -0.15) is 13.2 Å². The van der Waals surface area contributed by atoms with Gasteiger partial charge in [0.25, 0.3) is 0 Å². The number of carboxylic acid groups (broad SMARTS) is 1. The molecule has 2 aromatic carbocycles. The van der Waals surface area contributed by atoms with Crippen molar-refractivity contribution in [3.63, 3.8) is 0 Å². The Morgan fingerprint density at radius 3 is 2.31 bits per heavy atom. The first-order valence-corrected chi connectivity index (χ1v) is 8.17. The lowest BCUT2D eigenvalue weighted by Crippen LogP contribution is -2.09. The molecule has 1 unspecified atom stereocenters. The normalized spacial score (nSPS) is 13.2. The van der Waals surface area contributed by atoms with Gasteiger partial charge in [-0.1, -0.05) is 23.7 Å². The van der Waals surface area contributed by atoms with Gasteiger partial charge in [-0.25, -0.2) is 0 Å². The summed E-state index contributed by atoms with van der Waals surface area (Å²) in [6, 6.07) is 9.84. The molecule has 0 aliphatic heterocycles. The Hall–Kier alpha value is -2.47. The Labute approximate surface area is 152 Å². The van der Waals surface area contributed by atoms with Gasteiger partial charge in [0.1, 0.15) is 0 Å². The second-order valence-corrected chi connectivity index (χ2v) is 6.55. The summed E-state index contributed by atoms with van der Waals surface area (Å²) in [5.41, 5.74) is 1.60. The van der Waals surface area contributed by atoms with E-state index in [2.05, 4.69) is 0 Å². The average molecular weight is 382 g/mol. The number of aryl methyl sites for hydroxylation is 1. The van der Waals surface area contributed by atoms with Gasteiger partial charge in [-0.05, 0) is 48.4 Å². The Balaban J connectivity index is 2.29. The molecule has 3 aromatic rings. The minimum absolute atomic E-state index is 0.459. The van der Waals surface area contributed by atoms with Crippen LogP contribution in [0.2, 0.25) is 5.02 Å². The second kappa shape index (κ2) is 6.36. The van der Waals surface area contributed by atoms with E-state index in [9.17, 15) is 23.1 Å². The van der Waals surface area contributed by atoms with Crippen molar-refractivity contribution in [1.29, 1.82) is 0 Å². The molecule has 0 amide bonds. The first kappa shape index (κ1) is 18.3. The Bertz CT molecular complexity index is 991. The first-order chi connectivity index (χ1) is 12.1. The van der Waals surface area contributed by atoms with Gasteiger partial charge in [-0.3, -0.25) is 4.79 Å². The number of carbonyl (C=O) groups is 1. The van der Waals surface area contributed by atoms with Gasteiger partial charge in [-0.15, -0.1) is 0 Å². The van der Waals surface area contributed by atoms with E-state index < -0.39 is 23.6 Å². The number of hydrogen-bond acceptors (Lipinski definition) is 1. The van der Waals surface area contributed by atoms with Crippen LogP contribution < -0.4 is 0 Å². The average Bonchev–Trinajstić information content (AvgIpc) is 2.85. The molecule has 3 nitrogen and oxygen atoms in total. The third kappa shape index (κ3) is 3.05. The smallest absolute Gasteiger partial charge is 0.416 e. The van der Waals surface area contributed by atoms with Crippen LogP contribution in [0.1, 0.15) is 24.0 Å². The third-order valence-electron chi connectivity index (χ3n) is 4.49. The minimum atomic E-state index is -4.43. The van der Waals surface area contributed by atoms with Crippen LogP contribution in [0.3, 0.4) is 0 Å². The molecule has 1 N–H and O–H groups in total. The van der Waals surface area contributed by atoms with E-state index in [0.29, 0.717) is 27.2 Å². The maximum Gasteiger partial charge on any atom is 0.416 e. The number of benzene rings is 2. The van der Waals surface area contributed by atoms with Gasteiger partial charge < -0.3 is 9.67 Å². The molecule has 3 rings (SSSR count). The van der Waals surface area contributed by atoms with Crippen LogP contribution in [-0.4, -0.2) is 15.6 Å². The van der Waals surface area contributed by atoms with Gasteiger partial charge in [0.2, 0.25) is 0 Å². The molecule has 1 heterocycles. The quantitative estimate of drug-likeness (QED) is 0.631.